The van der Waals surface area contributed by atoms with Crippen molar-refractivity contribution >= 4 is 15.8 Å². The summed E-state index contributed by atoms with van der Waals surface area (Å²) < 4.78 is 24.6. The van der Waals surface area contributed by atoms with Gasteiger partial charge in [-0.15, -0.1) is 0 Å². The Kier molecular flexibility index (Phi) is 4.48. The van der Waals surface area contributed by atoms with Crippen molar-refractivity contribution in [2.24, 2.45) is 0 Å². The maximum absolute atomic E-state index is 12.3. The highest BCUT2D eigenvalue weighted by Crippen LogP contribution is 2.37. The van der Waals surface area contributed by atoms with Gasteiger partial charge >= 0.3 is 5.97 Å². The Morgan fingerprint density at radius 3 is 2.65 bits per heavy atom. The van der Waals surface area contributed by atoms with E-state index in [4.69, 9.17) is 5.11 Å². The number of benzene rings is 1. The van der Waals surface area contributed by atoms with E-state index in [-0.39, 0.29) is 5.92 Å². The van der Waals surface area contributed by atoms with Crippen LogP contribution in [-0.4, -0.2) is 30.5 Å². The summed E-state index contributed by atoms with van der Waals surface area (Å²) in [6, 6.07) is 7.87. The number of hydrogen-bond donors (Lipinski definition) is 1. The highest BCUT2D eigenvalue weighted by Gasteiger charge is 2.37. The van der Waals surface area contributed by atoms with Gasteiger partial charge < -0.3 is 5.11 Å². The maximum Gasteiger partial charge on any atom is 0.318 e. The van der Waals surface area contributed by atoms with Crippen LogP contribution in [0.1, 0.15) is 42.7 Å². The highest BCUT2D eigenvalue weighted by molar-refractivity contribution is 7.92. The minimum Gasteiger partial charge on any atom is -0.480 e. The Morgan fingerprint density at radius 2 is 2.00 bits per heavy atom. The van der Waals surface area contributed by atoms with Gasteiger partial charge in [0.05, 0.1) is 5.25 Å². The Morgan fingerprint density at radius 1 is 1.30 bits per heavy atom. The smallest absolute Gasteiger partial charge is 0.318 e. The zero-order valence-corrected chi connectivity index (χ0v) is 12.4. The Labute approximate surface area is 119 Å². The fourth-order valence-corrected chi connectivity index (χ4v) is 4.97. The summed E-state index contributed by atoms with van der Waals surface area (Å²) in [6.45, 7) is 1.98. The Bertz CT molecular complexity index is 592. The quantitative estimate of drug-likeness (QED) is 0.926. The zero-order valence-electron chi connectivity index (χ0n) is 11.6. The number of aliphatic carboxylic acids is 1. The van der Waals surface area contributed by atoms with Crippen LogP contribution in [0.25, 0.3) is 0 Å². The standard InChI is InChI=1S/C15H20O4S/c1-11-5-4-6-12(9-11)13-7-2-3-8-14(13)20(18,19)10-15(16)17/h4-6,9,13-14H,2-3,7-8,10H2,1H3,(H,16,17)/t13-,14-/m0/s1. The summed E-state index contributed by atoms with van der Waals surface area (Å²) in [6.07, 6.45) is 3.23. The number of carbonyl (C=O) groups is 1. The van der Waals surface area contributed by atoms with Crippen LogP contribution in [-0.2, 0) is 14.6 Å². The molecule has 0 heterocycles. The Hall–Kier alpha value is -1.36. The lowest BCUT2D eigenvalue weighted by Crippen LogP contribution is -2.35. The molecule has 0 amide bonds. The van der Waals surface area contributed by atoms with E-state index in [1.165, 1.54) is 0 Å². The third-order valence-electron chi connectivity index (χ3n) is 3.96. The topological polar surface area (TPSA) is 71.4 Å². The van der Waals surface area contributed by atoms with Crippen LogP contribution in [0.4, 0.5) is 0 Å². The molecule has 1 N–H and O–H groups in total. The molecule has 4 nitrogen and oxygen atoms in total. The van der Waals surface area contributed by atoms with Gasteiger partial charge in [0, 0.05) is 5.92 Å². The third kappa shape index (κ3) is 3.39. The van der Waals surface area contributed by atoms with Gasteiger partial charge in [0.1, 0.15) is 5.75 Å². The molecule has 2 atom stereocenters. The zero-order chi connectivity index (χ0) is 14.8. The molecule has 20 heavy (non-hydrogen) atoms. The third-order valence-corrected chi connectivity index (χ3v) is 6.09. The summed E-state index contributed by atoms with van der Waals surface area (Å²) in [5.74, 6) is -2.11. The second-order valence-corrected chi connectivity index (χ2v) is 7.76. The van der Waals surface area contributed by atoms with Crippen molar-refractivity contribution in [3.63, 3.8) is 0 Å². The largest absolute Gasteiger partial charge is 0.480 e. The maximum atomic E-state index is 12.3. The second-order valence-electron chi connectivity index (χ2n) is 5.54. The van der Waals surface area contributed by atoms with E-state index in [2.05, 4.69) is 0 Å². The molecule has 1 aliphatic carbocycles. The number of hydrogen-bond acceptors (Lipinski definition) is 3. The van der Waals surface area contributed by atoms with E-state index in [0.29, 0.717) is 6.42 Å². The number of carboxylic acid groups (broad SMARTS) is 1. The van der Waals surface area contributed by atoms with Crippen LogP contribution >= 0.6 is 0 Å². The van der Waals surface area contributed by atoms with E-state index < -0.39 is 26.8 Å². The van der Waals surface area contributed by atoms with Gasteiger partial charge in [-0.1, -0.05) is 42.7 Å². The van der Waals surface area contributed by atoms with E-state index in [0.717, 1.165) is 30.4 Å². The van der Waals surface area contributed by atoms with Crippen LogP contribution in [0.3, 0.4) is 0 Å². The fraction of sp³-hybridized carbons (Fsp3) is 0.533. The molecule has 0 bridgehead atoms. The van der Waals surface area contributed by atoms with Crippen molar-refractivity contribution in [2.75, 3.05) is 5.75 Å². The molecule has 1 aromatic rings. The summed E-state index contributed by atoms with van der Waals surface area (Å²) >= 11 is 0. The molecule has 0 unspecified atom stereocenters. The molecular formula is C15H20O4S. The van der Waals surface area contributed by atoms with Crippen molar-refractivity contribution in [3.8, 4) is 0 Å². The molecule has 0 saturated heterocycles. The predicted molar refractivity (Wildman–Crippen MR) is 77.6 cm³/mol. The van der Waals surface area contributed by atoms with Gasteiger partial charge in [-0.25, -0.2) is 8.42 Å². The summed E-state index contributed by atoms with van der Waals surface area (Å²) in [4.78, 5) is 10.8. The van der Waals surface area contributed by atoms with Crippen LogP contribution < -0.4 is 0 Å². The summed E-state index contributed by atoms with van der Waals surface area (Å²) in [7, 11) is -3.59. The van der Waals surface area contributed by atoms with Gasteiger partial charge in [0.25, 0.3) is 0 Å². The SMILES string of the molecule is Cc1cccc([C@@H]2CCCC[C@@H]2S(=O)(=O)CC(=O)O)c1. The summed E-state index contributed by atoms with van der Waals surface area (Å²) in [5.41, 5.74) is 2.12. The fourth-order valence-electron chi connectivity index (χ4n) is 3.09. The Balaban J connectivity index is 2.32. The molecule has 110 valence electrons. The van der Waals surface area contributed by atoms with Gasteiger partial charge in [-0.3, -0.25) is 4.79 Å². The predicted octanol–water partition coefficient (Wildman–Crippen LogP) is 2.52. The normalized spacial score (nSPS) is 23.4. The number of carboxylic acids is 1. The van der Waals surface area contributed by atoms with E-state index in [9.17, 15) is 13.2 Å². The van der Waals surface area contributed by atoms with Crippen molar-refractivity contribution in [2.45, 2.75) is 43.8 Å². The van der Waals surface area contributed by atoms with Gasteiger partial charge in [0.15, 0.2) is 9.84 Å². The monoisotopic (exact) mass is 296 g/mol. The molecule has 5 heteroatoms. The molecule has 0 radical (unpaired) electrons. The van der Waals surface area contributed by atoms with Gasteiger partial charge in [-0.2, -0.15) is 0 Å². The van der Waals surface area contributed by atoms with Crippen molar-refractivity contribution in [3.05, 3.63) is 35.4 Å². The molecule has 2 rings (SSSR count). The first-order valence-electron chi connectivity index (χ1n) is 6.90. The number of sulfone groups is 1. The minimum atomic E-state index is -3.59. The van der Waals surface area contributed by atoms with Crippen LogP contribution in [0.2, 0.25) is 0 Å². The first kappa shape index (κ1) is 15.0. The minimum absolute atomic E-state index is 0.0759. The average molecular weight is 296 g/mol. The van der Waals surface area contributed by atoms with Crippen molar-refractivity contribution < 1.29 is 18.3 Å². The van der Waals surface area contributed by atoms with Gasteiger partial charge in [-0.05, 0) is 25.3 Å². The molecule has 1 aliphatic rings. The van der Waals surface area contributed by atoms with Crippen LogP contribution in [0, 0.1) is 6.92 Å². The number of aryl methyl sites for hydroxylation is 1. The molecule has 1 fully saturated rings. The lowest BCUT2D eigenvalue weighted by atomic mass is 9.83. The second kappa shape index (κ2) is 5.95. The first-order chi connectivity index (χ1) is 9.40. The van der Waals surface area contributed by atoms with E-state index >= 15 is 0 Å². The molecular weight excluding hydrogens is 276 g/mol. The molecule has 0 spiro atoms. The lowest BCUT2D eigenvalue weighted by Gasteiger charge is -2.31. The van der Waals surface area contributed by atoms with Crippen molar-refractivity contribution in [1.29, 1.82) is 0 Å². The van der Waals surface area contributed by atoms with Crippen LogP contribution in [0.5, 0.6) is 0 Å². The number of rotatable bonds is 4. The highest BCUT2D eigenvalue weighted by atomic mass is 32.2. The molecule has 0 aromatic heterocycles. The lowest BCUT2D eigenvalue weighted by molar-refractivity contribution is -0.134. The van der Waals surface area contributed by atoms with Gasteiger partial charge in [0.2, 0.25) is 0 Å². The van der Waals surface area contributed by atoms with Crippen LogP contribution in [0.15, 0.2) is 24.3 Å². The molecule has 1 aromatic carbocycles. The molecule has 1 saturated carbocycles. The summed E-state index contributed by atoms with van der Waals surface area (Å²) in [5, 5.41) is 8.24. The average Bonchev–Trinajstić information content (AvgIpc) is 2.37. The van der Waals surface area contributed by atoms with E-state index in [1.807, 2.05) is 31.2 Å². The first-order valence-corrected chi connectivity index (χ1v) is 8.61. The molecule has 0 aliphatic heterocycles. The van der Waals surface area contributed by atoms with Crippen molar-refractivity contribution in [1.82, 2.24) is 0 Å². The van der Waals surface area contributed by atoms with E-state index in [1.54, 1.807) is 0 Å².